The van der Waals surface area contributed by atoms with Crippen molar-refractivity contribution in [2.45, 2.75) is 206 Å². The van der Waals surface area contributed by atoms with Crippen molar-refractivity contribution < 1.29 is 19.4 Å². The van der Waals surface area contributed by atoms with Crippen molar-refractivity contribution in [2.75, 3.05) is 0 Å². The molecule has 1 unspecified atom stereocenters. The minimum atomic E-state index is -0.768. The fraction of sp³-hybridized carbons (Fsp3) is 0.941. The fourth-order valence-corrected chi connectivity index (χ4v) is 5.31. The topological polar surface area (TPSA) is 63.6 Å². The summed E-state index contributed by atoms with van der Waals surface area (Å²) in [5.74, 6) is -0.855. The van der Waals surface area contributed by atoms with Crippen LogP contribution in [-0.2, 0) is 14.3 Å². The Labute approximate surface area is 237 Å². The molecule has 4 nitrogen and oxygen atoms in total. The van der Waals surface area contributed by atoms with E-state index in [0.29, 0.717) is 19.3 Å². The van der Waals surface area contributed by atoms with Gasteiger partial charge in [-0.3, -0.25) is 9.59 Å². The van der Waals surface area contributed by atoms with Gasteiger partial charge in [-0.05, 0) is 32.1 Å². The van der Waals surface area contributed by atoms with Gasteiger partial charge in [0.15, 0.2) is 0 Å². The number of aliphatic carboxylic acids is 1. The number of carbonyl (C=O) groups is 2. The van der Waals surface area contributed by atoms with Crippen molar-refractivity contribution in [3.8, 4) is 0 Å². The summed E-state index contributed by atoms with van der Waals surface area (Å²) < 4.78 is 5.79. The number of unbranched alkanes of at least 4 members (excludes halogenated alkanes) is 22. The van der Waals surface area contributed by atoms with Crippen LogP contribution in [-0.4, -0.2) is 23.1 Å². The Balaban J connectivity index is 3.77. The molecule has 1 N–H and O–H groups in total. The first-order valence-corrected chi connectivity index (χ1v) is 17.0. The van der Waals surface area contributed by atoms with Crippen molar-refractivity contribution in [1.82, 2.24) is 0 Å². The van der Waals surface area contributed by atoms with Gasteiger partial charge in [-0.1, -0.05) is 155 Å². The third kappa shape index (κ3) is 29.5. The zero-order valence-electron chi connectivity index (χ0n) is 25.8. The lowest BCUT2D eigenvalue weighted by Crippen LogP contribution is -2.18. The van der Waals surface area contributed by atoms with Crippen LogP contribution in [0.25, 0.3) is 0 Å². The molecule has 226 valence electrons. The molecule has 0 aliphatic heterocycles. The minimum absolute atomic E-state index is 0.0871. The molecule has 0 saturated heterocycles. The summed E-state index contributed by atoms with van der Waals surface area (Å²) in [5.41, 5.74) is 0. The molecule has 0 fully saturated rings. The van der Waals surface area contributed by atoms with E-state index in [9.17, 15) is 9.59 Å². The lowest BCUT2D eigenvalue weighted by atomic mass is 10.0. The van der Waals surface area contributed by atoms with Crippen molar-refractivity contribution in [1.29, 1.82) is 0 Å². The third-order valence-corrected chi connectivity index (χ3v) is 7.83. The van der Waals surface area contributed by atoms with Gasteiger partial charge in [0.1, 0.15) is 6.10 Å². The van der Waals surface area contributed by atoms with Crippen LogP contribution in [0.4, 0.5) is 0 Å². The van der Waals surface area contributed by atoms with Crippen LogP contribution in [0.1, 0.15) is 200 Å². The standard InChI is InChI=1S/C34H66O4/c1-3-5-7-9-11-13-14-15-16-17-18-20-22-24-26-31-34(37)38-32(29-27-30-33(35)36)28-25-23-21-19-12-10-8-6-4-2/h32H,3-31H2,1-2H3,(H,35,36). The molecule has 0 rings (SSSR count). The molecule has 0 heterocycles. The predicted octanol–water partition coefficient (Wildman–Crippen LogP) is 11.3. The first-order chi connectivity index (χ1) is 18.6. The van der Waals surface area contributed by atoms with Crippen LogP contribution in [0.15, 0.2) is 0 Å². The Kier molecular flexibility index (Phi) is 29.6. The van der Waals surface area contributed by atoms with Gasteiger partial charge in [0.05, 0.1) is 0 Å². The van der Waals surface area contributed by atoms with Crippen LogP contribution >= 0.6 is 0 Å². The molecule has 0 bridgehead atoms. The monoisotopic (exact) mass is 538 g/mol. The van der Waals surface area contributed by atoms with Crippen LogP contribution in [0.5, 0.6) is 0 Å². The van der Waals surface area contributed by atoms with Crippen LogP contribution in [0, 0.1) is 0 Å². The number of hydrogen-bond acceptors (Lipinski definition) is 3. The van der Waals surface area contributed by atoms with Crippen molar-refractivity contribution in [2.24, 2.45) is 0 Å². The highest BCUT2D eigenvalue weighted by molar-refractivity contribution is 5.69. The second kappa shape index (κ2) is 30.5. The lowest BCUT2D eigenvalue weighted by Gasteiger charge is -2.18. The van der Waals surface area contributed by atoms with E-state index in [1.807, 2.05) is 0 Å². The van der Waals surface area contributed by atoms with Crippen LogP contribution in [0.3, 0.4) is 0 Å². The van der Waals surface area contributed by atoms with Gasteiger partial charge in [0, 0.05) is 12.8 Å². The average Bonchev–Trinajstić information content (AvgIpc) is 2.89. The maximum absolute atomic E-state index is 12.4. The van der Waals surface area contributed by atoms with E-state index in [1.165, 1.54) is 135 Å². The first-order valence-electron chi connectivity index (χ1n) is 17.0. The molecule has 1 atom stereocenters. The number of carboxylic acid groups (broad SMARTS) is 1. The summed E-state index contributed by atoms with van der Waals surface area (Å²) in [6, 6.07) is 0. The Bertz CT molecular complexity index is 505. The first kappa shape index (κ1) is 36.9. The highest BCUT2D eigenvalue weighted by Crippen LogP contribution is 2.18. The summed E-state index contributed by atoms with van der Waals surface area (Å²) >= 11 is 0. The van der Waals surface area contributed by atoms with E-state index in [2.05, 4.69) is 13.8 Å². The predicted molar refractivity (Wildman–Crippen MR) is 163 cm³/mol. The van der Waals surface area contributed by atoms with Crippen LogP contribution in [0.2, 0.25) is 0 Å². The van der Waals surface area contributed by atoms with Gasteiger partial charge in [-0.15, -0.1) is 0 Å². The van der Waals surface area contributed by atoms with Gasteiger partial charge in [0.25, 0.3) is 0 Å². The highest BCUT2D eigenvalue weighted by Gasteiger charge is 2.15. The molecule has 0 aromatic heterocycles. The molecule has 0 saturated carbocycles. The zero-order chi connectivity index (χ0) is 27.9. The fourth-order valence-electron chi connectivity index (χ4n) is 5.31. The highest BCUT2D eigenvalue weighted by atomic mass is 16.5. The van der Waals surface area contributed by atoms with Crippen molar-refractivity contribution in [3.05, 3.63) is 0 Å². The SMILES string of the molecule is CCCCCCCCCCCCCCCCCC(=O)OC(CCCCCCCCCCC)CCCC(=O)O. The Morgan fingerprint density at radius 3 is 1.21 bits per heavy atom. The molecule has 0 aromatic rings. The van der Waals surface area contributed by atoms with Gasteiger partial charge >= 0.3 is 11.9 Å². The van der Waals surface area contributed by atoms with E-state index in [4.69, 9.17) is 9.84 Å². The Morgan fingerprint density at radius 2 is 0.816 bits per heavy atom. The molecule has 0 aliphatic carbocycles. The normalized spacial score (nSPS) is 12.1. The molecule has 0 radical (unpaired) electrons. The molecular weight excluding hydrogens is 472 g/mol. The summed E-state index contributed by atoms with van der Waals surface area (Å²) in [6.45, 7) is 4.53. The van der Waals surface area contributed by atoms with Gasteiger partial charge in [0.2, 0.25) is 0 Å². The third-order valence-electron chi connectivity index (χ3n) is 7.83. The van der Waals surface area contributed by atoms with Gasteiger partial charge in [-0.2, -0.15) is 0 Å². The van der Waals surface area contributed by atoms with E-state index < -0.39 is 5.97 Å². The quantitative estimate of drug-likeness (QED) is 0.0704. The number of esters is 1. The molecule has 0 amide bonds. The van der Waals surface area contributed by atoms with Crippen molar-refractivity contribution >= 4 is 11.9 Å². The Hall–Kier alpha value is -1.06. The minimum Gasteiger partial charge on any atom is -0.481 e. The summed E-state index contributed by atoms with van der Waals surface area (Å²) in [5, 5.41) is 8.95. The average molecular weight is 539 g/mol. The Morgan fingerprint density at radius 1 is 0.474 bits per heavy atom. The summed E-state index contributed by atoms with van der Waals surface area (Å²) in [7, 11) is 0. The summed E-state index contributed by atoms with van der Waals surface area (Å²) in [6.07, 6.45) is 34.0. The van der Waals surface area contributed by atoms with Gasteiger partial charge in [-0.25, -0.2) is 0 Å². The van der Waals surface area contributed by atoms with Crippen molar-refractivity contribution in [3.63, 3.8) is 0 Å². The van der Waals surface area contributed by atoms with Gasteiger partial charge < -0.3 is 9.84 Å². The zero-order valence-corrected chi connectivity index (χ0v) is 25.8. The molecule has 0 spiro atoms. The molecule has 38 heavy (non-hydrogen) atoms. The molecular formula is C34H66O4. The van der Waals surface area contributed by atoms with E-state index in [-0.39, 0.29) is 18.5 Å². The largest absolute Gasteiger partial charge is 0.481 e. The number of ether oxygens (including phenoxy) is 1. The van der Waals surface area contributed by atoms with Crippen LogP contribution < -0.4 is 0 Å². The summed E-state index contributed by atoms with van der Waals surface area (Å²) in [4.78, 5) is 23.3. The number of carbonyl (C=O) groups excluding carboxylic acids is 1. The van der Waals surface area contributed by atoms with E-state index >= 15 is 0 Å². The number of hydrogen-bond donors (Lipinski definition) is 1. The number of rotatable bonds is 31. The number of carboxylic acids is 1. The maximum atomic E-state index is 12.4. The lowest BCUT2D eigenvalue weighted by molar-refractivity contribution is -0.150. The second-order valence-electron chi connectivity index (χ2n) is 11.7. The molecule has 0 aromatic carbocycles. The van der Waals surface area contributed by atoms with E-state index in [1.54, 1.807) is 0 Å². The maximum Gasteiger partial charge on any atom is 0.306 e. The second-order valence-corrected chi connectivity index (χ2v) is 11.7. The molecule has 0 aliphatic rings. The van der Waals surface area contributed by atoms with E-state index in [0.717, 1.165) is 25.7 Å². The smallest absolute Gasteiger partial charge is 0.306 e. The molecule has 4 heteroatoms.